The van der Waals surface area contributed by atoms with E-state index in [-0.39, 0.29) is 0 Å². The second kappa shape index (κ2) is 6.06. The minimum atomic E-state index is 0.716. The molecule has 23 heavy (non-hydrogen) atoms. The van der Waals surface area contributed by atoms with Gasteiger partial charge in [0.1, 0.15) is 0 Å². The predicted octanol–water partition coefficient (Wildman–Crippen LogP) is 7.23. The maximum Gasteiger partial charge on any atom is -0.0266 e. The van der Waals surface area contributed by atoms with Gasteiger partial charge in [0.2, 0.25) is 0 Å². The third-order valence-electron chi connectivity index (χ3n) is 9.69. The van der Waals surface area contributed by atoms with E-state index >= 15 is 0 Å². The molecule has 0 amide bonds. The van der Waals surface area contributed by atoms with Crippen molar-refractivity contribution in [1.29, 1.82) is 0 Å². The Morgan fingerprint density at radius 1 is 0.783 bits per heavy atom. The lowest BCUT2D eigenvalue weighted by molar-refractivity contribution is -0.111. The van der Waals surface area contributed by atoms with E-state index in [9.17, 15) is 0 Å². The summed E-state index contributed by atoms with van der Waals surface area (Å²) in [6.07, 6.45) is 20.0. The van der Waals surface area contributed by atoms with Crippen molar-refractivity contribution < 1.29 is 0 Å². The van der Waals surface area contributed by atoms with Gasteiger partial charge in [-0.25, -0.2) is 0 Å². The van der Waals surface area contributed by atoms with Crippen LogP contribution in [0.2, 0.25) is 0 Å². The molecule has 0 N–H and O–H groups in total. The lowest BCUT2D eigenvalue weighted by atomic mass is 9.45. The van der Waals surface area contributed by atoms with Crippen LogP contribution in [0.1, 0.15) is 104 Å². The predicted molar refractivity (Wildman–Crippen MR) is 99.4 cm³/mol. The van der Waals surface area contributed by atoms with E-state index in [0.29, 0.717) is 5.41 Å². The largest absolute Gasteiger partial charge is 0.0654 e. The summed E-state index contributed by atoms with van der Waals surface area (Å²) in [6, 6.07) is 0. The fraction of sp³-hybridized carbons (Fsp3) is 1.00. The van der Waals surface area contributed by atoms with E-state index in [1.165, 1.54) is 32.1 Å². The van der Waals surface area contributed by atoms with E-state index in [1.807, 2.05) is 0 Å². The van der Waals surface area contributed by atoms with Crippen LogP contribution in [0.15, 0.2) is 0 Å². The first-order valence-corrected chi connectivity index (χ1v) is 11.1. The van der Waals surface area contributed by atoms with Crippen molar-refractivity contribution in [1.82, 2.24) is 0 Å². The summed E-state index contributed by atoms with van der Waals surface area (Å²) < 4.78 is 0. The normalized spacial score (nSPS) is 52.6. The number of hydrogen-bond acceptors (Lipinski definition) is 0. The Kier molecular flexibility index (Phi) is 4.34. The summed E-state index contributed by atoms with van der Waals surface area (Å²) in [5.41, 5.74) is 1.44. The Morgan fingerprint density at radius 2 is 1.61 bits per heavy atom. The highest BCUT2D eigenvalue weighted by molar-refractivity contribution is 5.08. The molecule has 0 spiro atoms. The van der Waals surface area contributed by atoms with Gasteiger partial charge >= 0.3 is 0 Å². The molecule has 132 valence electrons. The number of hydrogen-bond donors (Lipinski definition) is 0. The number of unbranched alkanes of at least 4 members (excludes halogenated alkanes) is 1. The number of fused-ring (bicyclic) bond motifs is 5. The van der Waals surface area contributed by atoms with Crippen molar-refractivity contribution in [2.24, 2.45) is 40.4 Å². The summed E-state index contributed by atoms with van der Waals surface area (Å²) in [7, 11) is 0. The van der Waals surface area contributed by atoms with Gasteiger partial charge in [0.25, 0.3) is 0 Å². The second-order valence-electron chi connectivity index (χ2n) is 10.4. The van der Waals surface area contributed by atoms with Gasteiger partial charge in [0.15, 0.2) is 0 Å². The first-order valence-electron chi connectivity index (χ1n) is 11.1. The van der Waals surface area contributed by atoms with E-state index in [0.717, 1.165) is 35.0 Å². The van der Waals surface area contributed by atoms with Gasteiger partial charge in [-0.1, -0.05) is 46.5 Å². The van der Waals surface area contributed by atoms with Gasteiger partial charge < -0.3 is 0 Å². The van der Waals surface area contributed by atoms with Crippen molar-refractivity contribution in [3.63, 3.8) is 0 Å². The van der Waals surface area contributed by atoms with Crippen molar-refractivity contribution in [3.05, 3.63) is 0 Å². The smallest absolute Gasteiger partial charge is 0.0266 e. The van der Waals surface area contributed by atoms with E-state index in [4.69, 9.17) is 0 Å². The van der Waals surface area contributed by atoms with Crippen LogP contribution in [0.5, 0.6) is 0 Å². The minimum absolute atomic E-state index is 0.716. The Balaban J connectivity index is 1.55. The molecule has 4 fully saturated rings. The van der Waals surface area contributed by atoms with Crippen molar-refractivity contribution in [2.45, 2.75) is 104 Å². The van der Waals surface area contributed by atoms with Crippen LogP contribution < -0.4 is 0 Å². The van der Waals surface area contributed by atoms with Crippen molar-refractivity contribution in [3.8, 4) is 0 Å². The monoisotopic (exact) mass is 316 g/mol. The Morgan fingerprint density at radius 3 is 2.43 bits per heavy atom. The van der Waals surface area contributed by atoms with Crippen LogP contribution in [-0.4, -0.2) is 0 Å². The molecule has 0 aromatic heterocycles. The molecule has 0 heteroatoms. The SMILES string of the molecule is CCCCC1CCC2C3CCC4CCCCC4(C)C3CCC12C. The summed E-state index contributed by atoms with van der Waals surface area (Å²) in [6.45, 7) is 7.81. The molecule has 4 aliphatic rings. The third-order valence-corrected chi connectivity index (χ3v) is 9.69. The van der Waals surface area contributed by atoms with Crippen LogP contribution in [0.25, 0.3) is 0 Å². The van der Waals surface area contributed by atoms with Crippen LogP contribution >= 0.6 is 0 Å². The Bertz CT molecular complexity index is 426. The molecule has 0 aromatic carbocycles. The first kappa shape index (κ1) is 16.5. The highest BCUT2D eigenvalue weighted by Crippen LogP contribution is 2.67. The molecule has 0 aromatic rings. The standard InChI is InChI=1S/C23H40/c1-4-5-8-17-11-13-20-19-12-10-18-9-6-7-15-22(18,2)21(19)14-16-23(17,20)3/h17-21H,4-16H2,1-3H3. The Labute approximate surface area is 145 Å². The molecule has 0 heterocycles. The highest BCUT2D eigenvalue weighted by Gasteiger charge is 2.59. The first-order chi connectivity index (χ1) is 11.1. The molecular formula is C23H40. The molecule has 0 nitrogen and oxygen atoms in total. The zero-order chi connectivity index (χ0) is 16.1. The van der Waals surface area contributed by atoms with Gasteiger partial charge in [0.05, 0.1) is 0 Å². The molecule has 4 rings (SSSR count). The van der Waals surface area contributed by atoms with Gasteiger partial charge in [0, 0.05) is 0 Å². The summed E-state index contributed by atoms with van der Waals surface area (Å²) in [5, 5.41) is 0. The maximum atomic E-state index is 2.72. The lowest BCUT2D eigenvalue weighted by Crippen LogP contribution is -2.52. The van der Waals surface area contributed by atoms with E-state index in [1.54, 1.807) is 51.4 Å². The van der Waals surface area contributed by atoms with Crippen molar-refractivity contribution >= 4 is 0 Å². The molecule has 7 unspecified atom stereocenters. The van der Waals surface area contributed by atoms with Crippen LogP contribution in [0, 0.1) is 40.4 Å². The van der Waals surface area contributed by atoms with Gasteiger partial charge in [-0.3, -0.25) is 0 Å². The molecule has 0 saturated heterocycles. The molecule has 0 bridgehead atoms. The summed E-state index contributed by atoms with van der Waals surface area (Å²) in [5.74, 6) is 5.41. The second-order valence-corrected chi connectivity index (χ2v) is 10.4. The number of rotatable bonds is 3. The van der Waals surface area contributed by atoms with Crippen LogP contribution in [0.4, 0.5) is 0 Å². The lowest BCUT2D eigenvalue weighted by Gasteiger charge is -2.60. The average Bonchev–Trinajstić information content (AvgIpc) is 2.89. The van der Waals surface area contributed by atoms with E-state index < -0.39 is 0 Å². The molecule has 7 atom stereocenters. The molecular weight excluding hydrogens is 276 g/mol. The minimum Gasteiger partial charge on any atom is -0.0654 e. The molecule has 4 saturated carbocycles. The fourth-order valence-electron chi connectivity index (χ4n) is 8.33. The van der Waals surface area contributed by atoms with E-state index in [2.05, 4.69) is 20.8 Å². The topological polar surface area (TPSA) is 0 Å². The highest BCUT2D eigenvalue weighted by atomic mass is 14.6. The molecule has 0 aliphatic heterocycles. The Hall–Kier alpha value is 0. The summed E-state index contributed by atoms with van der Waals surface area (Å²) >= 11 is 0. The maximum absolute atomic E-state index is 2.72. The van der Waals surface area contributed by atoms with Crippen molar-refractivity contribution in [2.75, 3.05) is 0 Å². The summed E-state index contributed by atoms with van der Waals surface area (Å²) in [4.78, 5) is 0. The zero-order valence-corrected chi connectivity index (χ0v) is 16.1. The van der Waals surface area contributed by atoms with Crippen LogP contribution in [0.3, 0.4) is 0 Å². The molecule has 0 radical (unpaired) electrons. The molecule has 4 aliphatic carbocycles. The average molecular weight is 317 g/mol. The quantitative estimate of drug-likeness (QED) is 0.515. The van der Waals surface area contributed by atoms with Gasteiger partial charge in [-0.2, -0.15) is 0 Å². The zero-order valence-electron chi connectivity index (χ0n) is 16.1. The third kappa shape index (κ3) is 2.44. The van der Waals surface area contributed by atoms with Gasteiger partial charge in [-0.15, -0.1) is 0 Å². The van der Waals surface area contributed by atoms with Gasteiger partial charge in [-0.05, 0) is 98.2 Å². The van der Waals surface area contributed by atoms with Crippen LogP contribution in [-0.2, 0) is 0 Å². The fourth-order valence-corrected chi connectivity index (χ4v) is 8.33.